The summed E-state index contributed by atoms with van der Waals surface area (Å²) in [5.41, 5.74) is 1.44. The van der Waals surface area contributed by atoms with Gasteiger partial charge in [0, 0.05) is 17.7 Å². The van der Waals surface area contributed by atoms with Gasteiger partial charge >= 0.3 is 0 Å². The average molecular weight is 291 g/mol. The van der Waals surface area contributed by atoms with Crippen molar-refractivity contribution in [1.29, 1.82) is 0 Å². The van der Waals surface area contributed by atoms with E-state index in [9.17, 15) is 8.78 Å². The van der Waals surface area contributed by atoms with Crippen molar-refractivity contribution in [3.8, 4) is 5.75 Å². The first-order valence-corrected chi connectivity index (χ1v) is 6.98. The lowest BCUT2D eigenvalue weighted by Gasteiger charge is -2.20. The van der Waals surface area contributed by atoms with Gasteiger partial charge in [-0.15, -0.1) is 0 Å². The topological polar surface area (TPSA) is 21.3 Å². The lowest BCUT2D eigenvalue weighted by Crippen LogP contribution is -2.20. The standard InChI is InChI=1S/C17H19F2NO/c1-3-21-17-7-5-4-6-14(17)16(20-2)10-12-8-9-13(18)11-15(12)19/h4-9,11,16,20H,3,10H2,1-2H3. The van der Waals surface area contributed by atoms with Gasteiger partial charge in [-0.2, -0.15) is 0 Å². The first kappa shape index (κ1) is 15.4. The van der Waals surface area contributed by atoms with E-state index in [1.807, 2.05) is 38.2 Å². The Labute approximate surface area is 123 Å². The molecule has 4 heteroatoms. The monoisotopic (exact) mass is 291 g/mol. The summed E-state index contributed by atoms with van der Waals surface area (Å²) in [6.07, 6.45) is 0.423. The van der Waals surface area contributed by atoms with Crippen molar-refractivity contribution in [2.45, 2.75) is 19.4 Å². The maximum atomic E-state index is 13.8. The number of likely N-dealkylation sites (N-methyl/N-ethyl adjacent to an activating group) is 1. The van der Waals surface area contributed by atoms with Gasteiger partial charge in [0.15, 0.2) is 0 Å². The number of hydrogen-bond acceptors (Lipinski definition) is 2. The molecule has 0 amide bonds. The third kappa shape index (κ3) is 3.79. The molecule has 2 rings (SSSR count). The number of benzene rings is 2. The molecule has 2 aromatic rings. The predicted molar refractivity (Wildman–Crippen MR) is 79.5 cm³/mol. The van der Waals surface area contributed by atoms with Crippen molar-refractivity contribution in [2.75, 3.05) is 13.7 Å². The summed E-state index contributed by atoms with van der Waals surface area (Å²) in [5, 5.41) is 3.17. The average Bonchev–Trinajstić information content (AvgIpc) is 2.48. The van der Waals surface area contributed by atoms with Gasteiger partial charge in [0.25, 0.3) is 0 Å². The molecule has 0 aliphatic carbocycles. The number of para-hydroxylation sites is 1. The zero-order valence-electron chi connectivity index (χ0n) is 12.2. The van der Waals surface area contributed by atoms with E-state index in [4.69, 9.17) is 4.74 Å². The second kappa shape index (κ2) is 7.18. The molecule has 0 saturated carbocycles. The van der Waals surface area contributed by atoms with Gasteiger partial charge < -0.3 is 10.1 Å². The minimum Gasteiger partial charge on any atom is -0.494 e. The van der Waals surface area contributed by atoms with Crippen LogP contribution < -0.4 is 10.1 Å². The summed E-state index contributed by atoms with van der Waals surface area (Å²) in [7, 11) is 1.81. The molecular formula is C17H19F2NO. The van der Waals surface area contributed by atoms with Crippen LogP contribution in [0.3, 0.4) is 0 Å². The molecule has 1 N–H and O–H groups in total. The molecule has 0 heterocycles. The van der Waals surface area contributed by atoms with E-state index in [1.165, 1.54) is 12.1 Å². The summed E-state index contributed by atoms with van der Waals surface area (Å²) < 4.78 is 32.4. The van der Waals surface area contributed by atoms with Crippen LogP contribution in [0.1, 0.15) is 24.1 Å². The molecule has 0 saturated heterocycles. The van der Waals surface area contributed by atoms with Crippen LogP contribution in [-0.4, -0.2) is 13.7 Å². The quantitative estimate of drug-likeness (QED) is 0.872. The Morgan fingerprint density at radius 1 is 1.14 bits per heavy atom. The zero-order valence-corrected chi connectivity index (χ0v) is 12.2. The third-order valence-corrected chi connectivity index (χ3v) is 3.38. The number of ether oxygens (including phenoxy) is 1. The van der Waals surface area contributed by atoms with Gasteiger partial charge in [0.2, 0.25) is 0 Å². The van der Waals surface area contributed by atoms with E-state index in [0.717, 1.165) is 17.4 Å². The predicted octanol–water partition coefficient (Wildman–Crippen LogP) is 3.87. The molecule has 0 aliphatic rings. The van der Waals surface area contributed by atoms with E-state index in [2.05, 4.69) is 5.32 Å². The highest BCUT2D eigenvalue weighted by molar-refractivity contribution is 5.37. The fraction of sp³-hybridized carbons (Fsp3) is 0.294. The van der Waals surface area contributed by atoms with Crippen LogP contribution in [0.15, 0.2) is 42.5 Å². The lowest BCUT2D eigenvalue weighted by molar-refractivity contribution is 0.332. The summed E-state index contributed by atoms with van der Waals surface area (Å²) >= 11 is 0. The van der Waals surface area contributed by atoms with Crippen LogP contribution in [0.25, 0.3) is 0 Å². The highest BCUT2D eigenvalue weighted by atomic mass is 19.1. The smallest absolute Gasteiger partial charge is 0.129 e. The van der Waals surface area contributed by atoms with Crippen molar-refractivity contribution in [2.24, 2.45) is 0 Å². The van der Waals surface area contributed by atoms with Crippen LogP contribution >= 0.6 is 0 Å². The summed E-state index contributed by atoms with van der Waals surface area (Å²) in [4.78, 5) is 0. The van der Waals surface area contributed by atoms with Gasteiger partial charge in [0.05, 0.1) is 6.61 Å². The van der Waals surface area contributed by atoms with Gasteiger partial charge in [-0.1, -0.05) is 24.3 Å². The Morgan fingerprint density at radius 3 is 2.57 bits per heavy atom. The van der Waals surface area contributed by atoms with E-state index in [-0.39, 0.29) is 6.04 Å². The second-order valence-corrected chi connectivity index (χ2v) is 4.75. The van der Waals surface area contributed by atoms with Crippen LogP contribution in [0.5, 0.6) is 5.75 Å². The zero-order chi connectivity index (χ0) is 15.2. The molecule has 0 aliphatic heterocycles. The summed E-state index contributed by atoms with van der Waals surface area (Å²) in [5.74, 6) is -0.307. The van der Waals surface area contributed by atoms with Crippen LogP contribution in [0, 0.1) is 11.6 Å². The molecule has 1 atom stereocenters. The molecule has 0 fully saturated rings. The molecule has 112 valence electrons. The summed E-state index contributed by atoms with van der Waals surface area (Å²) in [6.45, 7) is 2.49. The maximum Gasteiger partial charge on any atom is 0.129 e. The minimum absolute atomic E-state index is 0.104. The number of rotatable bonds is 6. The minimum atomic E-state index is -0.563. The normalized spacial score (nSPS) is 12.2. The molecule has 0 aromatic heterocycles. The molecule has 2 nitrogen and oxygen atoms in total. The van der Waals surface area contributed by atoms with Crippen molar-refractivity contribution in [1.82, 2.24) is 5.32 Å². The number of nitrogens with one attached hydrogen (secondary N) is 1. The molecule has 0 radical (unpaired) electrons. The molecule has 2 aromatic carbocycles. The van der Waals surface area contributed by atoms with E-state index in [1.54, 1.807) is 0 Å². The van der Waals surface area contributed by atoms with Gasteiger partial charge in [-0.3, -0.25) is 0 Å². The van der Waals surface area contributed by atoms with Crippen LogP contribution in [0.4, 0.5) is 8.78 Å². The molecule has 1 unspecified atom stereocenters. The number of hydrogen-bond donors (Lipinski definition) is 1. The Morgan fingerprint density at radius 2 is 1.90 bits per heavy atom. The summed E-state index contributed by atoms with van der Waals surface area (Å²) in [6, 6.07) is 11.2. The molecule has 21 heavy (non-hydrogen) atoms. The van der Waals surface area contributed by atoms with E-state index < -0.39 is 11.6 Å². The SMILES string of the molecule is CCOc1ccccc1C(Cc1ccc(F)cc1F)NC. The Bertz CT molecular complexity index is 601. The van der Waals surface area contributed by atoms with Gasteiger partial charge in [-0.05, 0) is 38.1 Å². The van der Waals surface area contributed by atoms with Crippen molar-refractivity contribution in [3.63, 3.8) is 0 Å². The van der Waals surface area contributed by atoms with E-state index in [0.29, 0.717) is 18.6 Å². The van der Waals surface area contributed by atoms with Crippen molar-refractivity contribution >= 4 is 0 Å². The molecule has 0 spiro atoms. The second-order valence-electron chi connectivity index (χ2n) is 4.75. The number of halogens is 2. The fourth-order valence-corrected chi connectivity index (χ4v) is 2.33. The van der Waals surface area contributed by atoms with Gasteiger partial charge in [-0.25, -0.2) is 8.78 Å². The van der Waals surface area contributed by atoms with Gasteiger partial charge in [0.1, 0.15) is 17.4 Å². The highest BCUT2D eigenvalue weighted by Gasteiger charge is 2.17. The third-order valence-electron chi connectivity index (χ3n) is 3.38. The van der Waals surface area contributed by atoms with E-state index >= 15 is 0 Å². The first-order chi connectivity index (χ1) is 10.2. The molecule has 0 bridgehead atoms. The Balaban J connectivity index is 2.27. The van der Waals surface area contributed by atoms with Crippen molar-refractivity contribution in [3.05, 3.63) is 65.2 Å². The van der Waals surface area contributed by atoms with Crippen LogP contribution in [-0.2, 0) is 6.42 Å². The Kier molecular flexibility index (Phi) is 5.28. The Hall–Kier alpha value is -1.94. The first-order valence-electron chi connectivity index (χ1n) is 6.98. The fourth-order valence-electron chi connectivity index (χ4n) is 2.33. The van der Waals surface area contributed by atoms with Crippen LogP contribution in [0.2, 0.25) is 0 Å². The lowest BCUT2D eigenvalue weighted by atomic mass is 9.98. The maximum absolute atomic E-state index is 13.8. The van der Waals surface area contributed by atoms with Crippen molar-refractivity contribution < 1.29 is 13.5 Å². The largest absolute Gasteiger partial charge is 0.494 e. The molecular weight excluding hydrogens is 272 g/mol. The highest BCUT2D eigenvalue weighted by Crippen LogP contribution is 2.28.